The van der Waals surface area contributed by atoms with Crippen molar-refractivity contribution in [3.63, 3.8) is 0 Å². The zero-order chi connectivity index (χ0) is 17.1. The fourth-order valence-corrected chi connectivity index (χ4v) is 3.22. The molecule has 0 aliphatic rings. The number of nitriles is 1. The van der Waals surface area contributed by atoms with E-state index < -0.39 is 0 Å². The summed E-state index contributed by atoms with van der Waals surface area (Å²) in [6.45, 7) is 3.90. The van der Waals surface area contributed by atoms with E-state index in [1.165, 1.54) is 11.8 Å². The van der Waals surface area contributed by atoms with Gasteiger partial charge in [0, 0.05) is 10.6 Å². The SMILES string of the molecule is Cc1ccccc1-n1c(SC(C)C#N)nnc1-c1ccc(Cl)cc1. The van der Waals surface area contributed by atoms with Crippen LogP contribution in [0.4, 0.5) is 0 Å². The van der Waals surface area contributed by atoms with Crippen molar-refractivity contribution in [1.29, 1.82) is 5.26 Å². The molecule has 6 heteroatoms. The van der Waals surface area contributed by atoms with Gasteiger partial charge in [-0.15, -0.1) is 10.2 Å². The third kappa shape index (κ3) is 3.30. The maximum atomic E-state index is 9.12. The van der Waals surface area contributed by atoms with Crippen molar-refractivity contribution in [3.8, 4) is 23.1 Å². The lowest BCUT2D eigenvalue weighted by Crippen LogP contribution is -2.03. The molecule has 1 atom stereocenters. The van der Waals surface area contributed by atoms with Gasteiger partial charge >= 0.3 is 0 Å². The third-order valence-electron chi connectivity index (χ3n) is 3.56. The van der Waals surface area contributed by atoms with E-state index in [4.69, 9.17) is 16.9 Å². The Morgan fingerprint density at radius 2 is 1.83 bits per heavy atom. The quantitative estimate of drug-likeness (QED) is 0.625. The van der Waals surface area contributed by atoms with Gasteiger partial charge in [0.1, 0.15) is 0 Å². The average molecular weight is 355 g/mol. The van der Waals surface area contributed by atoms with Crippen LogP contribution in [-0.4, -0.2) is 20.0 Å². The van der Waals surface area contributed by atoms with E-state index in [-0.39, 0.29) is 5.25 Å². The van der Waals surface area contributed by atoms with Crippen LogP contribution in [0.1, 0.15) is 12.5 Å². The van der Waals surface area contributed by atoms with Crippen LogP contribution >= 0.6 is 23.4 Å². The molecule has 2 aromatic carbocycles. The van der Waals surface area contributed by atoms with E-state index in [0.717, 1.165) is 22.6 Å². The second-order valence-corrected chi connectivity index (χ2v) is 7.07. The number of benzene rings is 2. The van der Waals surface area contributed by atoms with E-state index in [1.54, 1.807) is 0 Å². The van der Waals surface area contributed by atoms with Crippen LogP contribution in [0.3, 0.4) is 0 Å². The minimum Gasteiger partial charge on any atom is -0.270 e. The first-order chi connectivity index (χ1) is 11.6. The number of nitrogens with zero attached hydrogens (tertiary/aromatic N) is 4. The summed E-state index contributed by atoms with van der Waals surface area (Å²) in [7, 11) is 0. The smallest absolute Gasteiger partial charge is 0.197 e. The molecular formula is C18H15ClN4S. The van der Waals surface area contributed by atoms with Crippen molar-refractivity contribution in [1.82, 2.24) is 14.8 Å². The summed E-state index contributed by atoms with van der Waals surface area (Å²) < 4.78 is 2.00. The Hall–Kier alpha value is -2.29. The predicted octanol–water partition coefficient (Wildman–Crippen LogP) is 4.90. The second kappa shape index (κ2) is 7.08. The summed E-state index contributed by atoms with van der Waals surface area (Å²) in [4.78, 5) is 0. The highest BCUT2D eigenvalue weighted by molar-refractivity contribution is 8.00. The Kier molecular flexibility index (Phi) is 4.89. The predicted molar refractivity (Wildman–Crippen MR) is 97.5 cm³/mol. The van der Waals surface area contributed by atoms with Gasteiger partial charge in [-0.2, -0.15) is 5.26 Å². The van der Waals surface area contributed by atoms with Crippen LogP contribution in [-0.2, 0) is 0 Å². The van der Waals surface area contributed by atoms with Crippen LogP contribution in [0.15, 0.2) is 53.7 Å². The molecule has 4 nitrogen and oxygen atoms in total. The highest BCUT2D eigenvalue weighted by Gasteiger charge is 2.19. The van der Waals surface area contributed by atoms with Gasteiger partial charge in [-0.25, -0.2) is 0 Å². The van der Waals surface area contributed by atoms with Gasteiger partial charge in [-0.05, 0) is 49.7 Å². The summed E-state index contributed by atoms with van der Waals surface area (Å²) >= 11 is 7.39. The Balaban J connectivity index is 2.18. The molecule has 0 aliphatic heterocycles. The van der Waals surface area contributed by atoms with Gasteiger partial charge in [-0.1, -0.05) is 41.6 Å². The lowest BCUT2D eigenvalue weighted by atomic mass is 10.1. The van der Waals surface area contributed by atoms with Crippen molar-refractivity contribution >= 4 is 23.4 Å². The molecule has 0 saturated heterocycles. The van der Waals surface area contributed by atoms with E-state index in [0.29, 0.717) is 10.2 Å². The highest BCUT2D eigenvalue weighted by Crippen LogP contribution is 2.31. The largest absolute Gasteiger partial charge is 0.270 e. The number of rotatable bonds is 4. The van der Waals surface area contributed by atoms with Crippen molar-refractivity contribution in [3.05, 3.63) is 59.1 Å². The third-order valence-corrected chi connectivity index (χ3v) is 4.74. The first kappa shape index (κ1) is 16.6. The average Bonchev–Trinajstić information content (AvgIpc) is 2.99. The molecular weight excluding hydrogens is 340 g/mol. The van der Waals surface area contributed by atoms with Gasteiger partial charge in [0.05, 0.1) is 17.0 Å². The van der Waals surface area contributed by atoms with Crippen molar-refractivity contribution in [2.24, 2.45) is 0 Å². The molecule has 0 N–H and O–H groups in total. The Bertz CT molecular complexity index is 896. The molecule has 3 rings (SSSR count). The molecule has 1 aromatic heterocycles. The van der Waals surface area contributed by atoms with Crippen LogP contribution < -0.4 is 0 Å². The lowest BCUT2D eigenvalue weighted by molar-refractivity contribution is 0.878. The Morgan fingerprint density at radius 1 is 1.12 bits per heavy atom. The standard InChI is InChI=1S/C18H15ClN4S/c1-12-5-3-4-6-16(12)23-17(14-7-9-15(19)10-8-14)21-22-18(23)24-13(2)11-20/h3-10,13H,1-2H3. The molecule has 0 bridgehead atoms. The second-order valence-electron chi connectivity index (χ2n) is 5.32. The molecule has 0 fully saturated rings. The fraction of sp³-hybridized carbons (Fsp3) is 0.167. The number of aryl methyl sites for hydroxylation is 1. The molecule has 0 aliphatic carbocycles. The van der Waals surface area contributed by atoms with Crippen LogP contribution in [0.5, 0.6) is 0 Å². The molecule has 0 saturated carbocycles. The van der Waals surface area contributed by atoms with Crippen molar-refractivity contribution in [2.45, 2.75) is 24.3 Å². The van der Waals surface area contributed by atoms with Gasteiger partial charge in [0.15, 0.2) is 11.0 Å². The number of para-hydroxylation sites is 1. The maximum absolute atomic E-state index is 9.12. The molecule has 3 aromatic rings. The minimum atomic E-state index is -0.213. The number of halogens is 1. The van der Waals surface area contributed by atoms with Gasteiger partial charge in [-0.3, -0.25) is 4.57 Å². The topological polar surface area (TPSA) is 54.5 Å². The lowest BCUT2D eigenvalue weighted by Gasteiger charge is -2.13. The first-order valence-corrected chi connectivity index (χ1v) is 8.69. The highest BCUT2D eigenvalue weighted by atomic mass is 35.5. The summed E-state index contributed by atoms with van der Waals surface area (Å²) in [5, 5.41) is 19.0. The van der Waals surface area contributed by atoms with E-state index in [9.17, 15) is 0 Å². The van der Waals surface area contributed by atoms with E-state index in [1.807, 2.05) is 66.9 Å². The number of hydrogen-bond donors (Lipinski definition) is 0. The van der Waals surface area contributed by atoms with E-state index in [2.05, 4.69) is 16.3 Å². The first-order valence-electron chi connectivity index (χ1n) is 7.44. The molecule has 1 heterocycles. The summed E-state index contributed by atoms with van der Waals surface area (Å²) in [5.41, 5.74) is 3.03. The minimum absolute atomic E-state index is 0.213. The van der Waals surface area contributed by atoms with Crippen molar-refractivity contribution in [2.75, 3.05) is 0 Å². The molecule has 24 heavy (non-hydrogen) atoms. The zero-order valence-corrected chi connectivity index (χ0v) is 14.8. The number of hydrogen-bond acceptors (Lipinski definition) is 4. The van der Waals surface area contributed by atoms with Crippen LogP contribution in [0.25, 0.3) is 17.1 Å². The molecule has 120 valence electrons. The molecule has 0 spiro atoms. The number of thioether (sulfide) groups is 1. The normalized spacial score (nSPS) is 11.9. The number of aromatic nitrogens is 3. The summed E-state index contributed by atoms with van der Waals surface area (Å²) in [5.74, 6) is 0.730. The van der Waals surface area contributed by atoms with Crippen LogP contribution in [0, 0.1) is 18.3 Å². The van der Waals surface area contributed by atoms with Crippen molar-refractivity contribution < 1.29 is 0 Å². The summed E-state index contributed by atoms with van der Waals surface area (Å²) in [6.07, 6.45) is 0. The Labute approximate surface area is 150 Å². The van der Waals surface area contributed by atoms with Gasteiger partial charge < -0.3 is 0 Å². The summed E-state index contributed by atoms with van der Waals surface area (Å²) in [6, 6.07) is 17.8. The fourth-order valence-electron chi connectivity index (χ4n) is 2.35. The van der Waals surface area contributed by atoms with Crippen LogP contribution in [0.2, 0.25) is 5.02 Å². The maximum Gasteiger partial charge on any atom is 0.197 e. The van der Waals surface area contributed by atoms with Gasteiger partial charge in [0.25, 0.3) is 0 Å². The van der Waals surface area contributed by atoms with E-state index >= 15 is 0 Å². The zero-order valence-electron chi connectivity index (χ0n) is 13.3. The van der Waals surface area contributed by atoms with Gasteiger partial charge in [0.2, 0.25) is 0 Å². The molecule has 0 amide bonds. The Morgan fingerprint density at radius 3 is 2.50 bits per heavy atom. The monoisotopic (exact) mass is 354 g/mol. The molecule has 1 unspecified atom stereocenters. The molecule has 0 radical (unpaired) electrons.